The molecule has 2 aromatic carbocycles. The number of hydrogen-bond acceptors (Lipinski definition) is 5. The van der Waals surface area contributed by atoms with Crippen LogP contribution >= 0.6 is 0 Å². The van der Waals surface area contributed by atoms with Crippen molar-refractivity contribution in [2.75, 3.05) is 6.61 Å². The highest BCUT2D eigenvalue weighted by molar-refractivity contribution is 5.95. The van der Waals surface area contributed by atoms with Crippen LogP contribution in [0.3, 0.4) is 0 Å². The summed E-state index contributed by atoms with van der Waals surface area (Å²) in [5.41, 5.74) is 2.83. The van der Waals surface area contributed by atoms with Crippen LogP contribution in [0.15, 0.2) is 59.0 Å². The maximum atomic E-state index is 12.4. The van der Waals surface area contributed by atoms with Gasteiger partial charge in [-0.2, -0.15) is 10.4 Å². The van der Waals surface area contributed by atoms with E-state index in [1.54, 1.807) is 11.6 Å². The zero-order valence-electron chi connectivity index (χ0n) is 15.5. The number of aromatic nitrogens is 2. The quantitative estimate of drug-likeness (QED) is 0.488. The van der Waals surface area contributed by atoms with Crippen molar-refractivity contribution < 1.29 is 13.9 Å². The van der Waals surface area contributed by atoms with Gasteiger partial charge in [0.25, 0.3) is 0 Å². The molecule has 138 valence electrons. The summed E-state index contributed by atoms with van der Waals surface area (Å²) >= 11 is 0. The Balaban J connectivity index is 2.05. The minimum atomic E-state index is -0.635. The maximum Gasteiger partial charge on any atom is 0.360 e. The minimum Gasteiger partial charge on any atom is -0.461 e. The third-order valence-corrected chi connectivity index (χ3v) is 4.53. The number of rotatable bonds is 4. The number of nitriles is 1. The highest BCUT2D eigenvalue weighted by Crippen LogP contribution is 2.37. The predicted molar refractivity (Wildman–Crippen MR) is 104 cm³/mol. The summed E-state index contributed by atoms with van der Waals surface area (Å²) in [6.07, 6.45) is 0. The molecule has 0 radical (unpaired) electrons. The Bertz CT molecular complexity index is 1210. The second kappa shape index (κ2) is 7.05. The fraction of sp³-hybridized carbons (Fsp3) is 0.136. The summed E-state index contributed by atoms with van der Waals surface area (Å²) in [6, 6.07) is 19.1. The molecule has 28 heavy (non-hydrogen) atoms. The number of esters is 1. The van der Waals surface area contributed by atoms with Crippen molar-refractivity contribution in [1.29, 1.82) is 5.26 Å². The van der Waals surface area contributed by atoms with E-state index in [9.17, 15) is 10.1 Å². The summed E-state index contributed by atoms with van der Waals surface area (Å²) in [6.45, 7) is 3.83. The van der Waals surface area contributed by atoms with Gasteiger partial charge in [-0.05, 0) is 32.0 Å². The van der Waals surface area contributed by atoms with Crippen molar-refractivity contribution in [2.45, 2.75) is 13.8 Å². The molecule has 0 saturated heterocycles. The minimum absolute atomic E-state index is 0.0249. The van der Waals surface area contributed by atoms with E-state index in [1.807, 2.05) is 61.5 Å². The van der Waals surface area contributed by atoms with Gasteiger partial charge in [0, 0.05) is 10.9 Å². The average molecular weight is 371 g/mol. The molecule has 0 N–H and O–H groups in total. The van der Waals surface area contributed by atoms with Gasteiger partial charge in [0.2, 0.25) is 0 Å². The third kappa shape index (κ3) is 2.74. The molecule has 0 fully saturated rings. The van der Waals surface area contributed by atoms with Crippen LogP contribution in [0.1, 0.15) is 28.5 Å². The lowest BCUT2D eigenvalue weighted by atomic mass is 10.1. The lowest BCUT2D eigenvalue weighted by molar-refractivity contribution is 0.0518. The molecular formula is C22H17N3O3. The maximum absolute atomic E-state index is 12.4. The van der Waals surface area contributed by atoms with Gasteiger partial charge in [0.05, 0.1) is 12.3 Å². The van der Waals surface area contributed by atoms with E-state index in [0.717, 1.165) is 10.9 Å². The van der Waals surface area contributed by atoms with Gasteiger partial charge in [-0.15, -0.1) is 0 Å². The highest BCUT2D eigenvalue weighted by Gasteiger charge is 2.29. The molecule has 0 aliphatic rings. The number of fused-ring (bicyclic) bond motifs is 1. The van der Waals surface area contributed by atoms with E-state index < -0.39 is 5.97 Å². The molecule has 6 heteroatoms. The third-order valence-electron chi connectivity index (χ3n) is 4.53. The first-order chi connectivity index (χ1) is 13.7. The number of carbonyl (C=O) groups is 1. The summed E-state index contributed by atoms with van der Waals surface area (Å²) in [5.74, 6) is -0.131. The molecule has 0 bridgehead atoms. The normalized spacial score (nSPS) is 10.8. The largest absolute Gasteiger partial charge is 0.461 e. The molecule has 6 nitrogen and oxygen atoms in total. The SMILES string of the molecule is CCOC(=O)c1nn(-c2ccccc2)c(-c2oc3ccccc3c2C)c1C#N. The van der Waals surface area contributed by atoms with Gasteiger partial charge >= 0.3 is 5.97 Å². The van der Waals surface area contributed by atoms with E-state index in [2.05, 4.69) is 11.2 Å². The zero-order valence-corrected chi connectivity index (χ0v) is 15.5. The van der Waals surface area contributed by atoms with Crippen LogP contribution < -0.4 is 0 Å². The Labute approximate surface area is 161 Å². The van der Waals surface area contributed by atoms with Crippen LogP contribution in [0.5, 0.6) is 0 Å². The van der Waals surface area contributed by atoms with Gasteiger partial charge in [-0.1, -0.05) is 36.4 Å². The predicted octanol–water partition coefficient (Wildman–Crippen LogP) is 4.64. The van der Waals surface area contributed by atoms with Crippen LogP contribution in [0.4, 0.5) is 0 Å². The number of benzene rings is 2. The molecular weight excluding hydrogens is 354 g/mol. The van der Waals surface area contributed by atoms with Gasteiger partial charge < -0.3 is 9.15 Å². The first kappa shape index (κ1) is 17.6. The van der Waals surface area contributed by atoms with Gasteiger partial charge in [-0.25, -0.2) is 9.48 Å². The summed E-state index contributed by atoms with van der Waals surface area (Å²) in [5, 5.41) is 15.2. The van der Waals surface area contributed by atoms with E-state index in [4.69, 9.17) is 9.15 Å². The molecule has 4 rings (SSSR count). The molecule has 0 unspecified atom stereocenters. The average Bonchev–Trinajstić information content (AvgIpc) is 3.27. The lowest BCUT2D eigenvalue weighted by Crippen LogP contribution is -2.08. The highest BCUT2D eigenvalue weighted by atomic mass is 16.5. The molecule has 0 atom stereocenters. The summed E-state index contributed by atoms with van der Waals surface area (Å²) in [7, 11) is 0. The molecule has 0 saturated carbocycles. The zero-order chi connectivity index (χ0) is 19.7. The van der Waals surface area contributed by atoms with Crippen LogP contribution in [-0.2, 0) is 4.74 Å². The van der Waals surface area contributed by atoms with Crippen LogP contribution in [0.25, 0.3) is 28.1 Å². The topological polar surface area (TPSA) is 81.0 Å². The lowest BCUT2D eigenvalue weighted by Gasteiger charge is -2.06. The van der Waals surface area contributed by atoms with E-state index >= 15 is 0 Å². The number of para-hydroxylation sites is 2. The first-order valence-corrected chi connectivity index (χ1v) is 8.89. The molecule has 0 spiro atoms. The summed E-state index contributed by atoms with van der Waals surface area (Å²) in [4.78, 5) is 12.4. The van der Waals surface area contributed by atoms with E-state index in [0.29, 0.717) is 22.7 Å². The van der Waals surface area contributed by atoms with Crippen LogP contribution in [0.2, 0.25) is 0 Å². The Morgan fingerprint density at radius 2 is 1.89 bits per heavy atom. The van der Waals surface area contributed by atoms with Gasteiger partial charge in [0.15, 0.2) is 11.5 Å². The molecule has 0 amide bonds. The van der Waals surface area contributed by atoms with Crippen molar-refractivity contribution in [3.05, 3.63) is 71.4 Å². The smallest absolute Gasteiger partial charge is 0.360 e. The molecule has 0 aliphatic heterocycles. The van der Waals surface area contributed by atoms with Crippen LogP contribution in [0, 0.1) is 18.3 Å². The van der Waals surface area contributed by atoms with E-state index in [1.165, 1.54) is 0 Å². The first-order valence-electron chi connectivity index (χ1n) is 8.89. The van der Waals surface area contributed by atoms with E-state index in [-0.39, 0.29) is 17.9 Å². The van der Waals surface area contributed by atoms with Gasteiger partial charge in [-0.3, -0.25) is 0 Å². The summed E-state index contributed by atoms with van der Waals surface area (Å²) < 4.78 is 12.7. The second-order valence-electron chi connectivity index (χ2n) is 6.20. The Morgan fingerprint density at radius 3 is 2.57 bits per heavy atom. The van der Waals surface area contributed by atoms with Crippen molar-refractivity contribution in [2.24, 2.45) is 0 Å². The van der Waals surface area contributed by atoms with Crippen LogP contribution in [-0.4, -0.2) is 22.4 Å². The molecule has 2 heterocycles. The molecule has 2 aromatic heterocycles. The second-order valence-corrected chi connectivity index (χ2v) is 6.20. The monoisotopic (exact) mass is 371 g/mol. The Hall–Kier alpha value is -3.85. The van der Waals surface area contributed by atoms with Crippen molar-refractivity contribution in [1.82, 2.24) is 9.78 Å². The Morgan fingerprint density at radius 1 is 1.18 bits per heavy atom. The van der Waals surface area contributed by atoms with Crippen molar-refractivity contribution in [3.63, 3.8) is 0 Å². The molecule has 4 aromatic rings. The number of nitrogens with zero attached hydrogens (tertiary/aromatic N) is 3. The number of carbonyl (C=O) groups excluding carboxylic acids is 1. The van der Waals surface area contributed by atoms with Crippen molar-refractivity contribution in [3.8, 4) is 23.2 Å². The number of aryl methyl sites for hydroxylation is 1. The fourth-order valence-corrected chi connectivity index (χ4v) is 3.23. The number of hydrogen-bond donors (Lipinski definition) is 0. The molecule has 0 aliphatic carbocycles. The standard InChI is InChI=1S/C22H17N3O3/c1-3-27-22(26)19-17(13-23)20(25(24-19)15-9-5-4-6-10-15)21-14(2)16-11-7-8-12-18(16)28-21/h4-12H,3H2,1-2H3. The number of furan rings is 1. The van der Waals surface area contributed by atoms with Gasteiger partial charge in [0.1, 0.15) is 22.9 Å². The number of ether oxygens (including phenoxy) is 1. The Kier molecular flexibility index (Phi) is 4.42. The van der Waals surface area contributed by atoms with Crippen molar-refractivity contribution >= 4 is 16.9 Å². The fourth-order valence-electron chi connectivity index (χ4n) is 3.23.